The predicted octanol–water partition coefficient (Wildman–Crippen LogP) is 6.04. The van der Waals surface area contributed by atoms with Crippen molar-refractivity contribution in [3.8, 4) is 0 Å². The highest BCUT2D eigenvalue weighted by atomic mass is 32.2. The Hall–Kier alpha value is -1.95. The van der Waals surface area contributed by atoms with Crippen LogP contribution in [-0.2, 0) is 6.42 Å². The van der Waals surface area contributed by atoms with Crippen molar-refractivity contribution in [1.82, 2.24) is 15.2 Å². The SMILES string of the molecule is CCCCCCCc1nnc(Sc2cc3nc(C)cc(C)c3cc2F)o1. The standard InChI is InChI=1S/C20H24FN3OS/c1-4-5-6-7-8-9-19-23-24-20(25-19)26-18-12-17-15(11-16(18)21)13(2)10-14(3)22-17/h10-12H,4-9H2,1-3H3. The molecule has 0 aliphatic rings. The minimum atomic E-state index is -0.296. The van der Waals surface area contributed by atoms with Gasteiger partial charge in [-0.25, -0.2) is 4.39 Å². The van der Waals surface area contributed by atoms with Crippen molar-refractivity contribution < 1.29 is 8.81 Å². The van der Waals surface area contributed by atoms with Gasteiger partial charge < -0.3 is 4.42 Å². The molecule has 0 spiro atoms. The number of hydrogen-bond donors (Lipinski definition) is 0. The summed E-state index contributed by atoms with van der Waals surface area (Å²) in [7, 11) is 0. The zero-order valence-electron chi connectivity index (χ0n) is 15.5. The first-order valence-electron chi connectivity index (χ1n) is 9.14. The van der Waals surface area contributed by atoms with Crippen LogP contribution >= 0.6 is 11.8 Å². The Balaban J connectivity index is 1.70. The first-order valence-corrected chi connectivity index (χ1v) is 9.96. The molecule has 0 atom stereocenters. The lowest BCUT2D eigenvalue weighted by Gasteiger charge is -2.06. The van der Waals surface area contributed by atoms with E-state index in [0.717, 1.165) is 46.8 Å². The smallest absolute Gasteiger partial charge is 0.281 e. The number of nitrogens with zero attached hydrogens (tertiary/aromatic N) is 3. The minimum absolute atomic E-state index is 0.296. The Labute approximate surface area is 157 Å². The molecule has 0 aliphatic carbocycles. The lowest BCUT2D eigenvalue weighted by molar-refractivity contribution is 0.406. The van der Waals surface area contributed by atoms with E-state index in [4.69, 9.17) is 4.42 Å². The van der Waals surface area contributed by atoms with Crippen molar-refractivity contribution in [3.63, 3.8) is 0 Å². The van der Waals surface area contributed by atoms with Gasteiger partial charge in [-0.1, -0.05) is 32.6 Å². The van der Waals surface area contributed by atoms with Crippen molar-refractivity contribution in [2.24, 2.45) is 0 Å². The molecule has 0 unspecified atom stereocenters. The molecule has 0 N–H and O–H groups in total. The highest BCUT2D eigenvalue weighted by Crippen LogP contribution is 2.32. The van der Waals surface area contributed by atoms with Crippen LogP contribution < -0.4 is 0 Å². The monoisotopic (exact) mass is 373 g/mol. The van der Waals surface area contributed by atoms with E-state index in [1.165, 1.54) is 31.7 Å². The van der Waals surface area contributed by atoms with Crippen LogP contribution in [0.5, 0.6) is 0 Å². The fourth-order valence-electron chi connectivity index (χ4n) is 3.00. The maximum atomic E-state index is 14.5. The zero-order chi connectivity index (χ0) is 18.5. The number of hydrogen-bond acceptors (Lipinski definition) is 5. The van der Waals surface area contributed by atoms with Gasteiger partial charge in [0.2, 0.25) is 5.89 Å². The minimum Gasteiger partial charge on any atom is -0.416 e. The fraction of sp³-hybridized carbons (Fsp3) is 0.450. The molecule has 0 fully saturated rings. The third-order valence-corrected chi connectivity index (χ3v) is 5.21. The van der Waals surface area contributed by atoms with Gasteiger partial charge in [-0.3, -0.25) is 4.98 Å². The van der Waals surface area contributed by atoms with Gasteiger partial charge >= 0.3 is 0 Å². The number of pyridine rings is 1. The molecule has 3 rings (SSSR count). The van der Waals surface area contributed by atoms with E-state index in [2.05, 4.69) is 22.1 Å². The molecule has 0 radical (unpaired) electrons. The van der Waals surface area contributed by atoms with Crippen LogP contribution in [0, 0.1) is 19.7 Å². The molecule has 0 aliphatic heterocycles. The summed E-state index contributed by atoms with van der Waals surface area (Å²) < 4.78 is 20.1. The number of aromatic nitrogens is 3. The highest BCUT2D eigenvalue weighted by Gasteiger charge is 2.13. The largest absolute Gasteiger partial charge is 0.416 e. The van der Waals surface area contributed by atoms with Crippen LogP contribution in [0.15, 0.2) is 32.7 Å². The summed E-state index contributed by atoms with van der Waals surface area (Å²) in [5, 5.41) is 9.32. The van der Waals surface area contributed by atoms with Gasteiger partial charge in [-0.05, 0) is 55.8 Å². The topological polar surface area (TPSA) is 51.8 Å². The maximum Gasteiger partial charge on any atom is 0.281 e. The lowest BCUT2D eigenvalue weighted by Crippen LogP contribution is -1.91. The molecule has 2 aromatic heterocycles. The first-order chi connectivity index (χ1) is 12.6. The van der Waals surface area contributed by atoms with Gasteiger partial charge in [0.15, 0.2) is 0 Å². The summed E-state index contributed by atoms with van der Waals surface area (Å²) in [6.07, 6.45) is 6.71. The van der Waals surface area contributed by atoms with Gasteiger partial charge in [0.25, 0.3) is 5.22 Å². The molecule has 0 amide bonds. The highest BCUT2D eigenvalue weighted by molar-refractivity contribution is 7.99. The van der Waals surface area contributed by atoms with Crippen LogP contribution in [0.4, 0.5) is 4.39 Å². The summed E-state index contributed by atoms with van der Waals surface area (Å²) in [5.41, 5.74) is 2.72. The molecule has 4 nitrogen and oxygen atoms in total. The van der Waals surface area contributed by atoms with E-state index in [1.54, 1.807) is 6.07 Å². The maximum absolute atomic E-state index is 14.5. The van der Waals surface area contributed by atoms with E-state index in [0.29, 0.717) is 16.0 Å². The average Bonchev–Trinajstić information content (AvgIpc) is 3.03. The fourth-order valence-corrected chi connectivity index (χ4v) is 3.73. The third kappa shape index (κ3) is 4.61. The summed E-state index contributed by atoms with van der Waals surface area (Å²) in [6.45, 7) is 6.10. The summed E-state index contributed by atoms with van der Waals surface area (Å²) in [6, 6.07) is 5.24. The summed E-state index contributed by atoms with van der Waals surface area (Å²) >= 11 is 1.15. The second-order valence-corrected chi connectivity index (χ2v) is 7.60. The molecule has 0 saturated heterocycles. The van der Waals surface area contributed by atoms with Crippen LogP contribution in [0.3, 0.4) is 0 Å². The molecular weight excluding hydrogens is 349 g/mol. The van der Waals surface area contributed by atoms with Crippen LogP contribution in [-0.4, -0.2) is 15.2 Å². The Bertz CT molecular complexity index is 894. The second-order valence-electron chi connectivity index (χ2n) is 6.61. The molecule has 0 bridgehead atoms. The Kier molecular flexibility index (Phi) is 6.25. The van der Waals surface area contributed by atoms with E-state index >= 15 is 0 Å². The van der Waals surface area contributed by atoms with E-state index in [9.17, 15) is 4.39 Å². The normalized spacial score (nSPS) is 11.4. The molecule has 3 aromatic rings. The predicted molar refractivity (Wildman–Crippen MR) is 102 cm³/mol. The van der Waals surface area contributed by atoms with Crippen molar-refractivity contribution in [2.75, 3.05) is 0 Å². The van der Waals surface area contributed by atoms with Gasteiger partial charge in [0.05, 0.1) is 10.4 Å². The number of unbranched alkanes of at least 4 members (excludes halogenated alkanes) is 4. The zero-order valence-corrected chi connectivity index (χ0v) is 16.3. The number of benzene rings is 1. The van der Waals surface area contributed by atoms with Crippen molar-refractivity contribution in [3.05, 3.63) is 41.2 Å². The van der Waals surface area contributed by atoms with E-state index < -0.39 is 0 Å². The van der Waals surface area contributed by atoms with E-state index in [-0.39, 0.29) is 5.82 Å². The van der Waals surface area contributed by atoms with Crippen LogP contribution in [0.2, 0.25) is 0 Å². The van der Waals surface area contributed by atoms with Crippen molar-refractivity contribution in [1.29, 1.82) is 0 Å². The van der Waals surface area contributed by atoms with Crippen LogP contribution in [0.1, 0.15) is 56.2 Å². The summed E-state index contributed by atoms with van der Waals surface area (Å²) in [4.78, 5) is 4.96. The van der Waals surface area contributed by atoms with E-state index in [1.807, 2.05) is 19.9 Å². The number of rotatable bonds is 8. The van der Waals surface area contributed by atoms with Gasteiger partial charge in [-0.15, -0.1) is 10.2 Å². The second kappa shape index (κ2) is 8.62. The number of aryl methyl sites for hydroxylation is 3. The average molecular weight is 373 g/mol. The third-order valence-electron chi connectivity index (χ3n) is 4.34. The molecule has 1 aromatic carbocycles. The van der Waals surface area contributed by atoms with Gasteiger partial charge in [0, 0.05) is 17.5 Å². The quantitative estimate of drug-likeness (QED) is 0.451. The van der Waals surface area contributed by atoms with Crippen molar-refractivity contribution >= 4 is 22.7 Å². The first kappa shape index (κ1) is 18.8. The number of halogens is 1. The lowest BCUT2D eigenvalue weighted by atomic mass is 10.1. The number of fused-ring (bicyclic) bond motifs is 1. The molecule has 6 heteroatoms. The molecule has 138 valence electrons. The molecule has 26 heavy (non-hydrogen) atoms. The van der Waals surface area contributed by atoms with Gasteiger partial charge in [0.1, 0.15) is 5.82 Å². The molecule has 2 heterocycles. The molecule has 0 saturated carbocycles. The van der Waals surface area contributed by atoms with Crippen molar-refractivity contribution in [2.45, 2.75) is 69.4 Å². The summed E-state index contributed by atoms with van der Waals surface area (Å²) in [5.74, 6) is 0.325. The van der Waals surface area contributed by atoms with Crippen LogP contribution in [0.25, 0.3) is 10.9 Å². The Morgan fingerprint density at radius 1 is 1.04 bits per heavy atom. The molecular formula is C20H24FN3OS. The Morgan fingerprint density at radius 3 is 2.65 bits per heavy atom. The van der Waals surface area contributed by atoms with Gasteiger partial charge in [-0.2, -0.15) is 0 Å². The Morgan fingerprint density at radius 2 is 1.85 bits per heavy atom.